The van der Waals surface area contributed by atoms with Crippen molar-refractivity contribution in [1.29, 1.82) is 5.26 Å². The summed E-state index contributed by atoms with van der Waals surface area (Å²) >= 11 is 0. The molecule has 1 saturated heterocycles. The van der Waals surface area contributed by atoms with E-state index in [1.165, 1.54) is 12.8 Å². The summed E-state index contributed by atoms with van der Waals surface area (Å²) in [6.45, 7) is 4.45. The van der Waals surface area contributed by atoms with Gasteiger partial charge >= 0.3 is 5.97 Å². The Bertz CT molecular complexity index is 1500. The van der Waals surface area contributed by atoms with Crippen LogP contribution in [-0.2, 0) is 21.2 Å². The van der Waals surface area contributed by atoms with E-state index in [9.17, 15) is 23.6 Å². The Labute approximate surface area is 229 Å². The summed E-state index contributed by atoms with van der Waals surface area (Å²) in [5, 5.41) is 24.3. The molecule has 1 aliphatic heterocycles. The first-order chi connectivity index (χ1) is 18.7. The van der Waals surface area contributed by atoms with Crippen LogP contribution in [0.4, 0.5) is 0 Å². The normalized spacial score (nSPS) is 20.6. The fourth-order valence-corrected chi connectivity index (χ4v) is 7.62. The van der Waals surface area contributed by atoms with Crippen LogP contribution in [0.5, 0.6) is 5.75 Å². The predicted molar refractivity (Wildman–Crippen MR) is 146 cm³/mol. The third-order valence-corrected chi connectivity index (χ3v) is 9.71. The molecule has 0 spiro atoms. The number of sulfonamides is 1. The van der Waals surface area contributed by atoms with Gasteiger partial charge in [0.25, 0.3) is 0 Å². The van der Waals surface area contributed by atoms with Gasteiger partial charge < -0.3 is 9.84 Å². The number of hydrogen-bond donors (Lipinski definition) is 1. The zero-order valence-corrected chi connectivity index (χ0v) is 23.1. The Morgan fingerprint density at radius 2 is 1.87 bits per heavy atom. The van der Waals surface area contributed by atoms with Crippen molar-refractivity contribution in [3.8, 4) is 11.8 Å². The number of hydrogen-bond acceptors (Lipinski definition) is 6. The number of nitrogens with zero attached hydrogens (tertiary/aromatic N) is 4. The molecule has 0 unspecified atom stereocenters. The highest BCUT2D eigenvalue weighted by atomic mass is 32.2. The number of benzene rings is 2. The summed E-state index contributed by atoms with van der Waals surface area (Å²) in [7, 11) is -3.77. The molecule has 5 rings (SSSR count). The first kappa shape index (κ1) is 27.2. The monoisotopic (exact) mass is 550 g/mol. The zero-order valence-electron chi connectivity index (χ0n) is 22.3. The molecule has 2 heterocycles. The van der Waals surface area contributed by atoms with Crippen LogP contribution in [0.25, 0.3) is 10.9 Å². The highest BCUT2D eigenvalue weighted by Crippen LogP contribution is 2.41. The maximum atomic E-state index is 13.8. The molecule has 206 valence electrons. The summed E-state index contributed by atoms with van der Waals surface area (Å²) in [6.07, 6.45) is 5.28. The molecule has 3 aromatic rings. The van der Waals surface area contributed by atoms with Gasteiger partial charge in [-0.25, -0.2) is 8.42 Å². The van der Waals surface area contributed by atoms with Crippen LogP contribution >= 0.6 is 0 Å². The van der Waals surface area contributed by atoms with Crippen molar-refractivity contribution in [3.63, 3.8) is 0 Å². The van der Waals surface area contributed by atoms with E-state index in [4.69, 9.17) is 9.84 Å². The summed E-state index contributed by atoms with van der Waals surface area (Å²) in [6, 6.07) is 13.6. The maximum Gasteiger partial charge on any atom is 0.309 e. The molecule has 1 N–H and O–H groups in total. The fourth-order valence-electron chi connectivity index (χ4n) is 6.11. The molecule has 2 aromatic carbocycles. The number of carbonyl (C=O) groups is 1. The van der Waals surface area contributed by atoms with E-state index in [1.54, 1.807) is 46.8 Å². The summed E-state index contributed by atoms with van der Waals surface area (Å²) in [4.78, 5) is 11.8. The van der Waals surface area contributed by atoms with E-state index in [1.807, 2.05) is 18.5 Å². The summed E-state index contributed by atoms with van der Waals surface area (Å²) in [5.41, 5.74) is 1.54. The van der Waals surface area contributed by atoms with Crippen LogP contribution in [0.15, 0.2) is 47.4 Å². The van der Waals surface area contributed by atoms with Crippen LogP contribution < -0.4 is 4.74 Å². The van der Waals surface area contributed by atoms with Crippen molar-refractivity contribution in [2.45, 2.75) is 69.4 Å². The van der Waals surface area contributed by atoms with Crippen LogP contribution in [0.2, 0.25) is 0 Å². The lowest BCUT2D eigenvalue weighted by Crippen LogP contribution is -2.29. The fraction of sp³-hybridized carbons (Fsp3) is 0.483. The molecule has 39 heavy (non-hydrogen) atoms. The van der Waals surface area contributed by atoms with Gasteiger partial charge in [0.15, 0.2) is 0 Å². The minimum Gasteiger partial charge on any atom is -0.491 e. The lowest BCUT2D eigenvalue weighted by atomic mass is 9.90. The smallest absolute Gasteiger partial charge is 0.309 e. The quantitative estimate of drug-likeness (QED) is 0.407. The van der Waals surface area contributed by atoms with Crippen molar-refractivity contribution in [3.05, 3.63) is 53.7 Å². The minimum absolute atomic E-state index is 0.0118. The molecule has 2 aliphatic rings. The molecule has 10 heteroatoms. The van der Waals surface area contributed by atoms with E-state index in [0.29, 0.717) is 34.9 Å². The average molecular weight is 551 g/mol. The Morgan fingerprint density at radius 3 is 2.51 bits per heavy atom. The standard InChI is InChI=1S/C29H34N4O5S/c1-19(2)38-23-8-10-24(11-9-23)39(36,37)32-17-22(13-20-5-3-4-6-20)28(18-32)33-27-12-7-21(16-30)14-25(27)26(31-33)15-29(34)35/h7-12,14,19-20,22,28H,3-6,13,15,17-18H2,1-2H3,(H,34,35)/t22-,28+/m1/s1. The van der Waals surface area contributed by atoms with E-state index in [-0.39, 0.29) is 35.9 Å². The molecule has 0 radical (unpaired) electrons. The van der Waals surface area contributed by atoms with Gasteiger partial charge in [-0.1, -0.05) is 25.7 Å². The third kappa shape index (κ3) is 5.65. The highest BCUT2D eigenvalue weighted by molar-refractivity contribution is 7.89. The first-order valence-corrected chi connectivity index (χ1v) is 15.0. The molecule has 1 aliphatic carbocycles. The molecule has 0 bridgehead atoms. The number of carboxylic acid groups (broad SMARTS) is 1. The second-order valence-corrected chi connectivity index (χ2v) is 12.9. The second-order valence-electron chi connectivity index (χ2n) is 11.0. The van der Waals surface area contributed by atoms with Crippen molar-refractivity contribution in [1.82, 2.24) is 14.1 Å². The average Bonchev–Trinajstić information content (AvgIpc) is 3.63. The van der Waals surface area contributed by atoms with Gasteiger partial charge in [-0.15, -0.1) is 0 Å². The first-order valence-electron chi connectivity index (χ1n) is 13.6. The molecule has 1 aromatic heterocycles. The van der Waals surface area contributed by atoms with Crippen LogP contribution in [0.3, 0.4) is 0 Å². The predicted octanol–water partition coefficient (Wildman–Crippen LogP) is 4.76. The molecule has 1 saturated carbocycles. The Kier molecular flexibility index (Phi) is 7.65. The van der Waals surface area contributed by atoms with Crippen LogP contribution in [0, 0.1) is 23.2 Å². The van der Waals surface area contributed by atoms with Crippen molar-refractivity contribution < 1.29 is 23.1 Å². The Hall–Kier alpha value is -3.42. The number of ether oxygens (including phenoxy) is 1. The van der Waals surface area contributed by atoms with Gasteiger partial charge in [0.1, 0.15) is 5.75 Å². The Balaban J connectivity index is 1.51. The largest absolute Gasteiger partial charge is 0.491 e. The van der Waals surface area contributed by atoms with Gasteiger partial charge in [-0.2, -0.15) is 14.7 Å². The van der Waals surface area contributed by atoms with Gasteiger partial charge in [0, 0.05) is 18.5 Å². The van der Waals surface area contributed by atoms with Crippen molar-refractivity contribution in [2.75, 3.05) is 13.1 Å². The van der Waals surface area contributed by atoms with E-state index < -0.39 is 16.0 Å². The molecule has 2 atom stereocenters. The number of nitriles is 1. The Morgan fingerprint density at radius 1 is 1.15 bits per heavy atom. The van der Waals surface area contributed by atoms with Gasteiger partial charge in [-0.05, 0) is 74.6 Å². The molecule has 2 fully saturated rings. The number of fused-ring (bicyclic) bond motifs is 1. The van der Waals surface area contributed by atoms with E-state index >= 15 is 0 Å². The number of aliphatic carboxylic acids is 1. The van der Waals surface area contributed by atoms with Crippen LogP contribution in [-0.4, -0.2) is 52.8 Å². The van der Waals surface area contributed by atoms with Crippen molar-refractivity contribution in [2.24, 2.45) is 11.8 Å². The molecular formula is C29H34N4O5S. The SMILES string of the molecule is CC(C)Oc1ccc(S(=O)(=O)N2C[C@@H](CC3CCCC3)[C@@H](n3nc(CC(=O)O)c4cc(C#N)ccc43)C2)cc1. The number of carboxylic acids is 1. The van der Waals surface area contributed by atoms with Crippen molar-refractivity contribution >= 4 is 26.9 Å². The number of rotatable bonds is 9. The molecule has 9 nitrogen and oxygen atoms in total. The molecular weight excluding hydrogens is 516 g/mol. The summed E-state index contributed by atoms with van der Waals surface area (Å²) in [5.74, 6) is 0.181. The van der Waals surface area contributed by atoms with E-state index in [0.717, 1.165) is 24.8 Å². The van der Waals surface area contributed by atoms with Gasteiger partial charge in [-0.3, -0.25) is 9.48 Å². The van der Waals surface area contributed by atoms with Gasteiger partial charge in [0.05, 0.1) is 46.3 Å². The van der Waals surface area contributed by atoms with Crippen LogP contribution in [0.1, 0.15) is 63.3 Å². The number of aromatic nitrogens is 2. The maximum absolute atomic E-state index is 13.8. The minimum atomic E-state index is -3.77. The lowest BCUT2D eigenvalue weighted by Gasteiger charge is -2.22. The lowest BCUT2D eigenvalue weighted by molar-refractivity contribution is -0.136. The highest BCUT2D eigenvalue weighted by Gasteiger charge is 2.42. The molecule has 0 amide bonds. The summed E-state index contributed by atoms with van der Waals surface area (Å²) < 4.78 is 36.6. The third-order valence-electron chi connectivity index (χ3n) is 7.86. The topological polar surface area (TPSA) is 126 Å². The second kappa shape index (κ2) is 11.0. The zero-order chi connectivity index (χ0) is 27.7. The van der Waals surface area contributed by atoms with E-state index in [2.05, 4.69) is 6.07 Å². The van der Waals surface area contributed by atoms with Gasteiger partial charge in [0.2, 0.25) is 10.0 Å².